The summed E-state index contributed by atoms with van der Waals surface area (Å²) >= 11 is 0. The number of benzene rings is 1. The monoisotopic (exact) mass is 387 g/mol. The van der Waals surface area contributed by atoms with Gasteiger partial charge in [0.2, 0.25) is 5.91 Å². The smallest absolute Gasteiger partial charge is 0.226 e. The fraction of sp³-hybridized carbons (Fsp3) is 0.304. The molecule has 1 amide bonds. The molecule has 148 valence electrons. The third-order valence-corrected chi connectivity index (χ3v) is 5.91. The number of nitrogens with one attached hydrogen (secondary N) is 2. The van der Waals surface area contributed by atoms with Gasteiger partial charge in [-0.3, -0.25) is 9.48 Å². The van der Waals surface area contributed by atoms with Crippen LogP contribution in [0, 0.1) is 0 Å². The molecule has 2 aromatic heterocycles. The van der Waals surface area contributed by atoms with E-state index in [9.17, 15) is 4.79 Å². The number of carbonyl (C=O) groups excluding carboxylic acids is 1. The number of carbonyl (C=O) groups is 1. The lowest BCUT2D eigenvalue weighted by atomic mass is 9.94. The van der Waals surface area contributed by atoms with Gasteiger partial charge in [0.25, 0.3) is 0 Å². The van der Waals surface area contributed by atoms with Gasteiger partial charge in [0, 0.05) is 49.6 Å². The summed E-state index contributed by atoms with van der Waals surface area (Å²) in [5.41, 5.74) is 9.24. The molecule has 1 aliphatic carbocycles. The average molecular weight is 387 g/mol. The Morgan fingerprint density at radius 3 is 2.86 bits per heavy atom. The number of allylic oxidation sites excluding steroid dienone is 1. The third-order valence-electron chi connectivity index (χ3n) is 5.91. The Labute approximate surface area is 170 Å². The molecular formula is C23H25N5O. The molecule has 3 aromatic rings. The van der Waals surface area contributed by atoms with E-state index < -0.39 is 0 Å². The molecule has 0 spiro atoms. The normalized spacial score (nSPS) is 18.2. The summed E-state index contributed by atoms with van der Waals surface area (Å²) in [5, 5.41) is 10.9. The van der Waals surface area contributed by atoms with Crippen LogP contribution in [-0.2, 0) is 25.3 Å². The number of anilines is 2. The molecule has 1 aliphatic heterocycles. The Bertz CT molecular complexity index is 1150. The second-order valence-corrected chi connectivity index (χ2v) is 8.10. The van der Waals surface area contributed by atoms with Crippen LogP contribution in [0.25, 0.3) is 22.9 Å². The second kappa shape index (κ2) is 6.65. The van der Waals surface area contributed by atoms with Crippen LogP contribution in [0.3, 0.4) is 0 Å². The van der Waals surface area contributed by atoms with Gasteiger partial charge in [-0.15, -0.1) is 0 Å². The zero-order valence-electron chi connectivity index (χ0n) is 17.0. The van der Waals surface area contributed by atoms with E-state index in [1.807, 2.05) is 37.0 Å². The first-order chi connectivity index (χ1) is 14.0. The number of para-hydroxylation sites is 1. The fourth-order valence-electron chi connectivity index (χ4n) is 4.45. The molecule has 0 radical (unpaired) electrons. The highest BCUT2D eigenvalue weighted by atomic mass is 16.1. The van der Waals surface area contributed by atoms with Crippen molar-refractivity contribution < 1.29 is 4.79 Å². The Balaban J connectivity index is 1.60. The summed E-state index contributed by atoms with van der Waals surface area (Å²) in [6.45, 7) is 2.05. The number of hydrogen-bond acceptors (Lipinski definition) is 3. The second-order valence-electron chi connectivity index (χ2n) is 8.10. The van der Waals surface area contributed by atoms with Crippen LogP contribution in [-0.4, -0.2) is 26.3 Å². The molecule has 0 saturated carbocycles. The molecule has 6 nitrogen and oxygen atoms in total. The van der Waals surface area contributed by atoms with E-state index in [1.54, 1.807) is 0 Å². The summed E-state index contributed by atoms with van der Waals surface area (Å²) in [6, 6.07) is 8.48. The SMILES string of the molecule is C[C@@H]1CC(=O)Nc2cccc(-c3cc4c(n3C)C=C(c3cnn(C)c3)CC4)c2N1. The summed E-state index contributed by atoms with van der Waals surface area (Å²) in [4.78, 5) is 12.1. The summed E-state index contributed by atoms with van der Waals surface area (Å²) in [6.07, 6.45) is 8.80. The van der Waals surface area contributed by atoms with Gasteiger partial charge in [0.1, 0.15) is 0 Å². The highest BCUT2D eigenvalue weighted by molar-refractivity contribution is 6.00. The number of aromatic nitrogens is 3. The summed E-state index contributed by atoms with van der Waals surface area (Å²) in [7, 11) is 4.07. The van der Waals surface area contributed by atoms with Gasteiger partial charge in [0.15, 0.2) is 0 Å². The lowest BCUT2D eigenvalue weighted by molar-refractivity contribution is -0.116. The molecule has 6 heteroatoms. The quantitative estimate of drug-likeness (QED) is 0.697. The van der Waals surface area contributed by atoms with E-state index in [1.165, 1.54) is 22.4 Å². The first-order valence-electron chi connectivity index (χ1n) is 10.1. The molecule has 0 bridgehead atoms. The molecule has 5 rings (SSSR count). The van der Waals surface area contributed by atoms with Crippen molar-refractivity contribution in [1.82, 2.24) is 14.3 Å². The van der Waals surface area contributed by atoms with Crippen LogP contribution < -0.4 is 10.6 Å². The highest BCUT2D eigenvalue weighted by Crippen LogP contribution is 2.40. The predicted molar refractivity (Wildman–Crippen MR) is 117 cm³/mol. The molecule has 3 heterocycles. The standard InChI is InChI=1S/C23H25N5O/c1-14-9-22(29)26-19-6-4-5-18(23(19)25-14)21-11-16-8-7-15(10-20(16)28(21)3)17-12-24-27(2)13-17/h4-6,10-14,25H,7-9H2,1-3H3,(H,26,29)/t14-/m1/s1. The zero-order chi connectivity index (χ0) is 20.1. The van der Waals surface area contributed by atoms with Crippen LogP contribution in [0.5, 0.6) is 0 Å². The number of nitrogens with zero attached hydrogens (tertiary/aromatic N) is 3. The van der Waals surface area contributed by atoms with Crippen molar-refractivity contribution in [3.8, 4) is 11.3 Å². The van der Waals surface area contributed by atoms with Crippen LogP contribution in [0.1, 0.15) is 36.6 Å². The molecule has 1 aromatic carbocycles. The van der Waals surface area contributed by atoms with Crippen molar-refractivity contribution in [1.29, 1.82) is 0 Å². The van der Waals surface area contributed by atoms with Crippen molar-refractivity contribution in [2.24, 2.45) is 14.1 Å². The van der Waals surface area contributed by atoms with Gasteiger partial charge in [0.05, 0.1) is 23.3 Å². The Kier molecular flexibility index (Phi) is 4.08. The van der Waals surface area contributed by atoms with E-state index in [2.05, 4.69) is 51.8 Å². The predicted octanol–water partition coefficient (Wildman–Crippen LogP) is 4.06. The Morgan fingerprint density at radius 1 is 1.21 bits per heavy atom. The van der Waals surface area contributed by atoms with Gasteiger partial charge < -0.3 is 15.2 Å². The number of amides is 1. The van der Waals surface area contributed by atoms with Crippen molar-refractivity contribution in [2.75, 3.05) is 10.6 Å². The maximum atomic E-state index is 12.1. The first-order valence-corrected chi connectivity index (χ1v) is 10.1. The largest absolute Gasteiger partial charge is 0.380 e. The topological polar surface area (TPSA) is 63.9 Å². The van der Waals surface area contributed by atoms with Gasteiger partial charge in [-0.25, -0.2) is 0 Å². The van der Waals surface area contributed by atoms with Crippen LogP contribution >= 0.6 is 0 Å². The van der Waals surface area contributed by atoms with E-state index in [4.69, 9.17) is 0 Å². The van der Waals surface area contributed by atoms with E-state index in [0.717, 1.165) is 35.5 Å². The van der Waals surface area contributed by atoms with E-state index in [0.29, 0.717) is 6.42 Å². The first kappa shape index (κ1) is 17.8. The molecular weight excluding hydrogens is 362 g/mol. The number of rotatable bonds is 2. The minimum Gasteiger partial charge on any atom is -0.380 e. The highest BCUT2D eigenvalue weighted by Gasteiger charge is 2.24. The van der Waals surface area contributed by atoms with Crippen molar-refractivity contribution in [3.05, 3.63) is 53.5 Å². The fourth-order valence-corrected chi connectivity index (χ4v) is 4.45. The van der Waals surface area contributed by atoms with Gasteiger partial charge in [-0.2, -0.15) is 5.10 Å². The lowest BCUT2D eigenvalue weighted by Crippen LogP contribution is -2.19. The van der Waals surface area contributed by atoms with Gasteiger partial charge in [-0.05, 0) is 49.1 Å². The maximum Gasteiger partial charge on any atom is 0.226 e. The molecule has 29 heavy (non-hydrogen) atoms. The Hall–Kier alpha value is -3.28. The summed E-state index contributed by atoms with van der Waals surface area (Å²) in [5.74, 6) is 0.0520. The van der Waals surface area contributed by atoms with Gasteiger partial charge in [-0.1, -0.05) is 12.1 Å². The van der Waals surface area contributed by atoms with Crippen LogP contribution in [0.4, 0.5) is 11.4 Å². The lowest BCUT2D eigenvalue weighted by Gasteiger charge is -2.17. The third kappa shape index (κ3) is 3.05. The zero-order valence-corrected chi connectivity index (χ0v) is 17.0. The van der Waals surface area contributed by atoms with Crippen LogP contribution in [0.2, 0.25) is 0 Å². The Morgan fingerprint density at radius 2 is 2.07 bits per heavy atom. The molecule has 2 aliphatic rings. The minimum absolute atomic E-state index is 0.0520. The number of hydrogen-bond donors (Lipinski definition) is 2. The molecule has 2 N–H and O–H groups in total. The molecule has 0 fully saturated rings. The van der Waals surface area contributed by atoms with Gasteiger partial charge >= 0.3 is 0 Å². The molecule has 1 atom stereocenters. The van der Waals surface area contributed by atoms with Crippen molar-refractivity contribution in [2.45, 2.75) is 32.2 Å². The van der Waals surface area contributed by atoms with E-state index >= 15 is 0 Å². The summed E-state index contributed by atoms with van der Waals surface area (Å²) < 4.78 is 4.11. The van der Waals surface area contributed by atoms with Crippen LogP contribution in [0.15, 0.2) is 36.7 Å². The molecule has 0 saturated heterocycles. The molecule has 0 unspecified atom stereocenters. The van der Waals surface area contributed by atoms with E-state index in [-0.39, 0.29) is 11.9 Å². The minimum atomic E-state index is 0.0520. The van der Waals surface area contributed by atoms with Crippen molar-refractivity contribution >= 4 is 28.9 Å². The number of fused-ring (bicyclic) bond motifs is 2. The maximum absolute atomic E-state index is 12.1. The average Bonchev–Trinajstić information content (AvgIpc) is 3.21. The van der Waals surface area contributed by atoms with Crippen molar-refractivity contribution in [3.63, 3.8) is 0 Å². The number of aryl methyl sites for hydroxylation is 2.